The SMILES string of the molecule is c1cc2c3cc4c(cccc4cc3c1)NCCNCCNCCNCCNCCN2. The van der Waals surface area contributed by atoms with E-state index in [1.165, 1.54) is 32.9 Å². The third-order valence-electron chi connectivity index (χ3n) is 5.55. The van der Waals surface area contributed by atoms with Gasteiger partial charge in [0.05, 0.1) is 0 Å². The minimum atomic E-state index is 0.907. The van der Waals surface area contributed by atoms with Crippen LogP contribution >= 0.6 is 0 Å². The van der Waals surface area contributed by atoms with E-state index < -0.39 is 0 Å². The molecule has 1 heterocycles. The van der Waals surface area contributed by atoms with Crippen molar-refractivity contribution in [2.45, 2.75) is 0 Å². The first-order chi connectivity index (χ1) is 14.9. The molecule has 0 aromatic heterocycles. The Bertz CT molecular complexity index is 869. The lowest BCUT2D eigenvalue weighted by atomic mass is 10.0. The maximum atomic E-state index is 3.62. The van der Waals surface area contributed by atoms with Gasteiger partial charge in [-0.05, 0) is 35.0 Å². The normalized spacial score (nSPS) is 18.0. The van der Waals surface area contributed by atoms with Gasteiger partial charge in [-0.3, -0.25) is 0 Å². The van der Waals surface area contributed by atoms with E-state index in [9.17, 15) is 0 Å². The lowest BCUT2D eigenvalue weighted by Gasteiger charge is -2.14. The first-order valence-corrected chi connectivity index (χ1v) is 11.2. The van der Waals surface area contributed by atoms with Gasteiger partial charge in [-0.25, -0.2) is 0 Å². The van der Waals surface area contributed by atoms with Crippen molar-refractivity contribution in [1.29, 1.82) is 0 Å². The standard InChI is InChI=1S/C24H34N6/c1-3-19-17-20-4-2-6-24-22(20)18-21(19)23(5-1)29-15-13-27-11-9-25-7-8-26-10-12-28-14-16-30-24/h1-6,17-18,25-30H,7-16H2. The molecule has 0 amide bonds. The zero-order valence-corrected chi connectivity index (χ0v) is 17.7. The quantitative estimate of drug-likeness (QED) is 0.322. The summed E-state index contributed by atoms with van der Waals surface area (Å²) >= 11 is 0. The molecular formula is C24H34N6. The van der Waals surface area contributed by atoms with E-state index in [2.05, 4.69) is 80.4 Å². The molecule has 6 heteroatoms. The number of nitrogens with one attached hydrogen (secondary N) is 6. The molecule has 0 fully saturated rings. The van der Waals surface area contributed by atoms with Gasteiger partial charge in [0.15, 0.2) is 0 Å². The van der Waals surface area contributed by atoms with Crippen LogP contribution in [-0.2, 0) is 0 Å². The molecule has 0 aliphatic carbocycles. The number of rotatable bonds is 0. The summed E-state index contributed by atoms with van der Waals surface area (Å²) in [6.07, 6.45) is 0. The Kier molecular flexibility index (Phi) is 7.75. The van der Waals surface area contributed by atoms with Crippen molar-refractivity contribution < 1.29 is 0 Å². The molecule has 4 rings (SSSR count). The van der Waals surface area contributed by atoms with E-state index >= 15 is 0 Å². The van der Waals surface area contributed by atoms with Gasteiger partial charge in [0.2, 0.25) is 0 Å². The molecule has 0 saturated heterocycles. The van der Waals surface area contributed by atoms with Gasteiger partial charge in [-0.15, -0.1) is 0 Å². The molecule has 0 atom stereocenters. The number of hydrogen-bond donors (Lipinski definition) is 6. The van der Waals surface area contributed by atoms with Gasteiger partial charge in [0.1, 0.15) is 0 Å². The molecule has 0 spiro atoms. The van der Waals surface area contributed by atoms with Crippen LogP contribution in [0.5, 0.6) is 0 Å². The Balaban J connectivity index is 1.54. The molecule has 6 N–H and O–H groups in total. The Morgan fingerprint density at radius 2 is 0.833 bits per heavy atom. The maximum Gasteiger partial charge on any atom is 0.0420 e. The van der Waals surface area contributed by atoms with Crippen LogP contribution in [-0.4, -0.2) is 65.4 Å². The monoisotopic (exact) mass is 406 g/mol. The summed E-state index contributed by atoms with van der Waals surface area (Å²) in [6.45, 7) is 9.67. The molecule has 1 aliphatic heterocycles. The predicted octanol–water partition coefficient (Wildman–Crippen LogP) is 2.19. The summed E-state index contributed by atoms with van der Waals surface area (Å²) in [6, 6.07) is 17.6. The van der Waals surface area contributed by atoms with Gasteiger partial charge in [-0.1, -0.05) is 24.3 Å². The molecule has 3 aromatic rings. The third kappa shape index (κ3) is 5.61. The van der Waals surface area contributed by atoms with Gasteiger partial charge < -0.3 is 31.9 Å². The Morgan fingerprint density at radius 3 is 1.27 bits per heavy atom. The molecule has 1 aliphatic rings. The highest BCUT2D eigenvalue weighted by atomic mass is 15.0. The largest absolute Gasteiger partial charge is 0.383 e. The lowest BCUT2D eigenvalue weighted by Crippen LogP contribution is -2.36. The second kappa shape index (κ2) is 11.1. The average Bonchev–Trinajstić information content (AvgIpc) is 2.77. The Hall–Kier alpha value is -2.38. The first kappa shape index (κ1) is 20.9. The van der Waals surface area contributed by atoms with Crippen LogP contribution in [0.2, 0.25) is 0 Å². The molecule has 30 heavy (non-hydrogen) atoms. The van der Waals surface area contributed by atoms with E-state index in [0.29, 0.717) is 0 Å². The van der Waals surface area contributed by atoms with Crippen molar-refractivity contribution >= 4 is 32.9 Å². The fourth-order valence-electron chi connectivity index (χ4n) is 3.96. The smallest absolute Gasteiger partial charge is 0.0420 e. The zero-order chi connectivity index (χ0) is 20.4. The molecule has 2 bridgehead atoms. The topological polar surface area (TPSA) is 72.2 Å². The number of benzene rings is 3. The second-order valence-corrected chi connectivity index (χ2v) is 7.76. The van der Waals surface area contributed by atoms with Crippen LogP contribution in [0.3, 0.4) is 0 Å². The Labute approximate surface area is 179 Å². The van der Waals surface area contributed by atoms with Gasteiger partial charge in [0, 0.05) is 87.6 Å². The van der Waals surface area contributed by atoms with Crippen LogP contribution < -0.4 is 31.9 Å². The van der Waals surface area contributed by atoms with Crippen LogP contribution in [0.4, 0.5) is 11.4 Å². The second-order valence-electron chi connectivity index (χ2n) is 7.76. The van der Waals surface area contributed by atoms with Crippen molar-refractivity contribution in [3.8, 4) is 0 Å². The highest BCUT2D eigenvalue weighted by molar-refractivity contribution is 6.07. The molecule has 0 radical (unpaired) electrons. The predicted molar refractivity (Wildman–Crippen MR) is 130 cm³/mol. The molecule has 3 aromatic carbocycles. The van der Waals surface area contributed by atoms with Crippen molar-refractivity contribution in [3.63, 3.8) is 0 Å². The molecular weight excluding hydrogens is 372 g/mol. The first-order valence-electron chi connectivity index (χ1n) is 11.2. The fraction of sp³-hybridized carbons (Fsp3) is 0.417. The zero-order valence-electron chi connectivity index (χ0n) is 17.7. The highest BCUT2D eigenvalue weighted by Crippen LogP contribution is 2.32. The fourth-order valence-corrected chi connectivity index (χ4v) is 3.96. The van der Waals surface area contributed by atoms with Crippen LogP contribution in [0.15, 0.2) is 48.5 Å². The summed E-state index contributed by atoms with van der Waals surface area (Å²) in [4.78, 5) is 0. The van der Waals surface area contributed by atoms with Crippen molar-refractivity contribution in [2.75, 3.05) is 76.1 Å². The number of hydrogen-bond acceptors (Lipinski definition) is 6. The van der Waals surface area contributed by atoms with Gasteiger partial charge in [0.25, 0.3) is 0 Å². The van der Waals surface area contributed by atoms with Crippen molar-refractivity contribution in [1.82, 2.24) is 21.3 Å². The van der Waals surface area contributed by atoms with E-state index in [4.69, 9.17) is 0 Å². The molecule has 160 valence electrons. The minimum absolute atomic E-state index is 0.907. The van der Waals surface area contributed by atoms with E-state index in [0.717, 1.165) is 65.4 Å². The van der Waals surface area contributed by atoms with E-state index in [-0.39, 0.29) is 0 Å². The summed E-state index contributed by atoms with van der Waals surface area (Å²) in [5.74, 6) is 0. The van der Waals surface area contributed by atoms with E-state index in [1.807, 2.05) is 0 Å². The molecule has 6 nitrogen and oxygen atoms in total. The van der Waals surface area contributed by atoms with Gasteiger partial charge >= 0.3 is 0 Å². The lowest BCUT2D eigenvalue weighted by molar-refractivity contribution is 0.571. The van der Waals surface area contributed by atoms with Crippen LogP contribution in [0.25, 0.3) is 21.5 Å². The maximum absolute atomic E-state index is 3.62. The summed E-state index contributed by atoms with van der Waals surface area (Å²) < 4.78 is 0. The average molecular weight is 407 g/mol. The van der Waals surface area contributed by atoms with Crippen molar-refractivity contribution in [3.05, 3.63) is 48.5 Å². The van der Waals surface area contributed by atoms with Crippen LogP contribution in [0.1, 0.15) is 0 Å². The summed E-state index contributed by atoms with van der Waals surface area (Å²) in [5.41, 5.74) is 2.39. The van der Waals surface area contributed by atoms with Crippen molar-refractivity contribution in [2.24, 2.45) is 0 Å². The minimum Gasteiger partial charge on any atom is -0.383 e. The summed E-state index contributed by atoms with van der Waals surface area (Å²) in [7, 11) is 0. The summed E-state index contributed by atoms with van der Waals surface area (Å²) in [5, 5.41) is 26.3. The highest BCUT2D eigenvalue weighted by Gasteiger charge is 2.06. The van der Waals surface area contributed by atoms with Gasteiger partial charge in [-0.2, -0.15) is 0 Å². The molecule has 0 unspecified atom stereocenters. The van der Waals surface area contributed by atoms with E-state index in [1.54, 1.807) is 0 Å². The Morgan fingerprint density at radius 1 is 0.433 bits per heavy atom. The van der Waals surface area contributed by atoms with Crippen LogP contribution in [0, 0.1) is 0 Å². The molecule has 0 saturated carbocycles. The number of anilines is 2. The third-order valence-corrected chi connectivity index (χ3v) is 5.55.